The van der Waals surface area contributed by atoms with Crippen molar-refractivity contribution in [2.75, 3.05) is 13.6 Å². The highest BCUT2D eigenvalue weighted by molar-refractivity contribution is 6.04. The molecule has 3 heterocycles. The molecule has 2 aromatic heterocycles. The molecule has 4 aromatic rings. The Balaban J connectivity index is 1.27. The van der Waals surface area contributed by atoms with E-state index in [1.165, 1.54) is 120 Å². The summed E-state index contributed by atoms with van der Waals surface area (Å²) in [6.45, 7) is 17.3. The first-order valence-electron chi connectivity index (χ1n) is 19.8. The summed E-state index contributed by atoms with van der Waals surface area (Å²) in [4.78, 5) is 7.67. The fourth-order valence-corrected chi connectivity index (χ4v) is 10.6. The van der Waals surface area contributed by atoms with Crippen molar-refractivity contribution in [3.05, 3.63) is 95.5 Å². The average molecular weight is 667 g/mol. The van der Waals surface area contributed by atoms with E-state index in [2.05, 4.69) is 123 Å². The lowest BCUT2D eigenvalue weighted by Crippen LogP contribution is -2.49. The molecule has 3 aliphatic carbocycles. The standard InChI is InChI=1S/C46H58N4/c1-8-41-37(23-25-49(35-20-13-10-14-21-35)32(4)28-31(3)48(7)34-18-11-9-12-19-34)42-36-22-16-15-17-33(36)29-39-44(42)45-43-38(46(39,5)6)27-30(2)47-40(43)24-26-50(41)45/h8,15-17,22,24,26-29,34-35,37,41H,1,9-14,18-21,23,25H2,2-7H3/q+2. The maximum atomic E-state index is 5.08. The summed E-state index contributed by atoms with van der Waals surface area (Å²) in [5.74, 6) is 0.312. The summed E-state index contributed by atoms with van der Waals surface area (Å²) >= 11 is 0. The van der Waals surface area contributed by atoms with E-state index in [0.717, 1.165) is 24.2 Å². The average Bonchev–Trinajstić information content (AvgIpc) is 3.13. The molecule has 0 bridgehead atoms. The Morgan fingerprint density at radius 3 is 2.44 bits per heavy atom. The summed E-state index contributed by atoms with van der Waals surface area (Å²) in [7, 11) is 2.34. The normalized spacial score (nSPS) is 22.5. The number of aryl methyl sites for hydroxylation is 1. The minimum absolute atomic E-state index is 0.136. The molecule has 260 valence electrons. The lowest BCUT2D eigenvalue weighted by atomic mass is 9.65. The molecule has 0 amide bonds. The zero-order valence-corrected chi connectivity index (χ0v) is 31.6. The molecule has 4 nitrogen and oxygen atoms in total. The minimum Gasteiger partial charge on any atom is -0.375 e. The molecule has 1 aliphatic heterocycles. The third-order valence-electron chi connectivity index (χ3n) is 13.3. The summed E-state index contributed by atoms with van der Waals surface area (Å²) in [6, 6.07) is 17.7. The van der Waals surface area contributed by atoms with Crippen LogP contribution >= 0.6 is 0 Å². The minimum atomic E-state index is -0.136. The molecule has 2 atom stereocenters. The lowest BCUT2D eigenvalue weighted by Gasteiger charge is -2.40. The van der Waals surface area contributed by atoms with Crippen molar-refractivity contribution in [3.8, 4) is 11.3 Å². The van der Waals surface area contributed by atoms with Crippen molar-refractivity contribution in [2.24, 2.45) is 0 Å². The molecule has 2 unspecified atom stereocenters. The Kier molecular flexibility index (Phi) is 8.72. The highest BCUT2D eigenvalue weighted by atomic mass is 15.1. The van der Waals surface area contributed by atoms with Gasteiger partial charge in [0.15, 0.2) is 24.0 Å². The molecular weight excluding hydrogens is 609 g/mol. The van der Waals surface area contributed by atoms with E-state index in [0.29, 0.717) is 18.0 Å². The second-order valence-electron chi connectivity index (χ2n) is 16.6. The molecule has 4 aliphatic rings. The van der Waals surface area contributed by atoms with Crippen LogP contribution in [0.25, 0.3) is 32.9 Å². The van der Waals surface area contributed by atoms with Gasteiger partial charge in [0, 0.05) is 68.2 Å². The van der Waals surface area contributed by atoms with Crippen molar-refractivity contribution < 1.29 is 9.14 Å². The van der Waals surface area contributed by atoms with Crippen LogP contribution in [0.4, 0.5) is 0 Å². The van der Waals surface area contributed by atoms with Crippen LogP contribution in [-0.2, 0) is 5.41 Å². The van der Waals surface area contributed by atoms with Crippen molar-refractivity contribution in [3.63, 3.8) is 0 Å². The van der Waals surface area contributed by atoms with Gasteiger partial charge in [0.1, 0.15) is 6.54 Å². The van der Waals surface area contributed by atoms with Crippen LogP contribution in [0.2, 0.25) is 0 Å². The predicted octanol–water partition coefficient (Wildman–Crippen LogP) is 10.5. The number of nitrogens with zero attached hydrogens (tertiary/aromatic N) is 4. The third kappa shape index (κ3) is 5.44. The fraction of sp³-hybridized carbons (Fsp3) is 0.500. The van der Waals surface area contributed by atoms with Gasteiger partial charge in [-0.15, -0.1) is 0 Å². The summed E-state index contributed by atoms with van der Waals surface area (Å²) in [6.07, 6.45) is 21.6. The summed E-state index contributed by atoms with van der Waals surface area (Å²) in [5, 5.41) is 4.08. The Labute approximate surface area is 300 Å². The smallest absolute Gasteiger partial charge is 0.223 e. The predicted molar refractivity (Wildman–Crippen MR) is 209 cm³/mol. The van der Waals surface area contributed by atoms with Crippen LogP contribution in [0.1, 0.15) is 133 Å². The maximum Gasteiger partial charge on any atom is 0.223 e. The molecule has 2 saturated carbocycles. The van der Waals surface area contributed by atoms with Crippen molar-refractivity contribution in [1.82, 2.24) is 9.88 Å². The van der Waals surface area contributed by atoms with Crippen LogP contribution in [-0.4, -0.2) is 45.8 Å². The van der Waals surface area contributed by atoms with Crippen LogP contribution in [0, 0.1) is 6.92 Å². The van der Waals surface area contributed by atoms with Crippen LogP contribution in [0.15, 0.2) is 73.1 Å². The van der Waals surface area contributed by atoms with Gasteiger partial charge >= 0.3 is 0 Å². The Hall–Kier alpha value is -3.79. The molecule has 2 aromatic carbocycles. The van der Waals surface area contributed by atoms with Gasteiger partial charge in [-0.25, -0.2) is 4.58 Å². The number of aromatic nitrogens is 2. The largest absolute Gasteiger partial charge is 0.375 e. The van der Waals surface area contributed by atoms with Crippen LogP contribution in [0.5, 0.6) is 0 Å². The molecule has 4 heteroatoms. The second kappa shape index (κ2) is 13.1. The van der Waals surface area contributed by atoms with Gasteiger partial charge in [0.25, 0.3) is 0 Å². The Morgan fingerprint density at radius 2 is 1.70 bits per heavy atom. The quantitative estimate of drug-likeness (QED) is 0.106. The Morgan fingerprint density at radius 1 is 0.980 bits per heavy atom. The van der Waals surface area contributed by atoms with E-state index >= 15 is 0 Å². The molecule has 8 rings (SSSR count). The van der Waals surface area contributed by atoms with Gasteiger partial charge in [0.2, 0.25) is 5.69 Å². The first kappa shape index (κ1) is 33.4. The van der Waals surface area contributed by atoms with E-state index in [1.807, 2.05) is 0 Å². The van der Waals surface area contributed by atoms with E-state index in [9.17, 15) is 0 Å². The zero-order valence-electron chi connectivity index (χ0n) is 31.6. The monoisotopic (exact) mass is 666 g/mol. The first-order valence-corrected chi connectivity index (χ1v) is 19.8. The SMILES string of the molecule is C=CC1C(CC/[N+](=C(C)\C=C(\C)N(C)C2CCCCC2)C2CCCCC2)c2c3c(cc4ccccc24)C(C)(C)c2cc(C)nc4cc[n+]1c-3c24. The molecule has 0 spiro atoms. The van der Waals surface area contributed by atoms with Gasteiger partial charge in [0.05, 0.1) is 22.4 Å². The van der Waals surface area contributed by atoms with Crippen molar-refractivity contribution in [1.29, 1.82) is 0 Å². The maximum absolute atomic E-state index is 5.08. The van der Waals surface area contributed by atoms with Gasteiger partial charge in [-0.3, -0.25) is 4.98 Å². The number of benzene rings is 2. The number of pyridine rings is 2. The number of allylic oxidation sites excluding steroid dienone is 3. The van der Waals surface area contributed by atoms with Crippen LogP contribution in [0.3, 0.4) is 0 Å². The summed E-state index contributed by atoms with van der Waals surface area (Å²) < 4.78 is 5.39. The van der Waals surface area contributed by atoms with Crippen molar-refractivity contribution in [2.45, 2.75) is 135 Å². The van der Waals surface area contributed by atoms with E-state index in [-0.39, 0.29) is 11.5 Å². The molecule has 0 radical (unpaired) electrons. The van der Waals surface area contributed by atoms with Gasteiger partial charge in [-0.05, 0) is 85.2 Å². The molecule has 0 N–H and O–H groups in total. The van der Waals surface area contributed by atoms with E-state index in [4.69, 9.17) is 4.98 Å². The topological polar surface area (TPSA) is 23.0 Å². The molecule has 0 saturated heterocycles. The zero-order chi connectivity index (χ0) is 34.7. The number of hydrogen-bond donors (Lipinski definition) is 0. The second-order valence-corrected chi connectivity index (χ2v) is 16.6. The van der Waals surface area contributed by atoms with Gasteiger partial charge in [-0.1, -0.05) is 70.4 Å². The highest BCUT2D eigenvalue weighted by Gasteiger charge is 2.48. The van der Waals surface area contributed by atoms with E-state index < -0.39 is 0 Å². The number of hydrogen-bond acceptors (Lipinski definition) is 2. The molecule has 50 heavy (non-hydrogen) atoms. The Bertz CT molecular complexity index is 2030. The summed E-state index contributed by atoms with van der Waals surface area (Å²) in [5.41, 5.74) is 12.1. The van der Waals surface area contributed by atoms with Crippen LogP contribution < -0.4 is 4.57 Å². The van der Waals surface area contributed by atoms with Gasteiger partial charge < -0.3 is 4.90 Å². The van der Waals surface area contributed by atoms with E-state index in [1.54, 1.807) is 0 Å². The number of fused-ring (bicyclic) bond motifs is 2. The fourth-order valence-electron chi connectivity index (χ4n) is 10.6. The lowest BCUT2D eigenvalue weighted by molar-refractivity contribution is -0.706. The third-order valence-corrected chi connectivity index (χ3v) is 13.3. The van der Waals surface area contributed by atoms with Crippen molar-refractivity contribution >= 4 is 27.4 Å². The van der Waals surface area contributed by atoms with Gasteiger partial charge in [-0.2, -0.15) is 4.57 Å². The molecular formula is C46H58N4+2. The number of rotatable bonds is 8. The highest BCUT2D eigenvalue weighted by Crippen LogP contribution is 2.55. The first-order chi connectivity index (χ1) is 24.2. The molecule has 2 fully saturated rings.